The largest absolute Gasteiger partial charge is 0.497 e. The monoisotopic (exact) mass is 436 g/mol. The highest BCUT2D eigenvalue weighted by Crippen LogP contribution is 2.34. The van der Waals surface area contributed by atoms with Crippen molar-refractivity contribution in [3.63, 3.8) is 0 Å². The number of carbonyl (C=O) groups excluding carboxylic acids is 1. The average molecular weight is 437 g/mol. The van der Waals surface area contributed by atoms with E-state index in [-0.39, 0.29) is 11.2 Å². The number of thiazole rings is 1. The number of benzene rings is 2. The Hall–Kier alpha value is -2.70. The van der Waals surface area contributed by atoms with E-state index < -0.39 is 0 Å². The lowest BCUT2D eigenvalue weighted by atomic mass is 9.87. The first-order valence-corrected chi connectivity index (χ1v) is 11.2. The lowest BCUT2D eigenvalue weighted by molar-refractivity contribution is 0.0897. The Morgan fingerprint density at radius 2 is 1.77 bits per heavy atom. The standard InChI is InChI=1S/C25H28N2O3S/c1-25(2,3)18-9-6-16(7-10-18)24-26-20-14-27(15-21(28)23(20)31-24)13-17-8-11-19(29-4)12-22(17)30-5/h6-12H,13-15H2,1-5H3. The van der Waals surface area contributed by atoms with Crippen LogP contribution in [0.4, 0.5) is 0 Å². The summed E-state index contributed by atoms with van der Waals surface area (Å²) in [6, 6.07) is 14.3. The van der Waals surface area contributed by atoms with Gasteiger partial charge in [0, 0.05) is 30.3 Å². The summed E-state index contributed by atoms with van der Waals surface area (Å²) < 4.78 is 10.8. The summed E-state index contributed by atoms with van der Waals surface area (Å²) >= 11 is 1.50. The molecule has 31 heavy (non-hydrogen) atoms. The molecule has 4 rings (SSSR count). The third-order valence-corrected chi connectivity index (χ3v) is 6.77. The van der Waals surface area contributed by atoms with Gasteiger partial charge < -0.3 is 9.47 Å². The molecule has 0 saturated heterocycles. The van der Waals surface area contributed by atoms with Crippen LogP contribution in [-0.4, -0.2) is 36.4 Å². The number of ether oxygens (including phenoxy) is 2. The zero-order chi connectivity index (χ0) is 22.2. The van der Waals surface area contributed by atoms with Crippen LogP contribution < -0.4 is 9.47 Å². The topological polar surface area (TPSA) is 51.7 Å². The van der Waals surface area contributed by atoms with Crippen LogP contribution in [-0.2, 0) is 18.5 Å². The van der Waals surface area contributed by atoms with Crippen LogP contribution in [0.5, 0.6) is 11.5 Å². The number of carbonyl (C=O) groups is 1. The number of Topliss-reactive ketones (excluding diaryl/α,β-unsaturated/α-hetero) is 1. The molecule has 3 aromatic rings. The molecule has 0 bridgehead atoms. The van der Waals surface area contributed by atoms with E-state index in [1.807, 2.05) is 18.2 Å². The first kappa shape index (κ1) is 21.5. The van der Waals surface area contributed by atoms with Gasteiger partial charge in [-0.25, -0.2) is 4.98 Å². The SMILES string of the molecule is COc1ccc(CN2CC(=O)c3sc(-c4ccc(C(C)(C)C)cc4)nc3C2)c(OC)c1. The maximum atomic E-state index is 12.8. The third-order valence-electron chi connectivity index (χ3n) is 5.58. The molecule has 1 aliphatic heterocycles. The molecule has 0 N–H and O–H groups in total. The van der Waals surface area contributed by atoms with E-state index >= 15 is 0 Å². The zero-order valence-electron chi connectivity index (χ0n) is 18.7. The second kappa shape index (κ2) is 8.44. The van der Waals surface area contributed by atoms with E-state index in [0.717, 1.165) is 38.2 Å². The molecule has 0 fully saturated rings. The molecule has 2 heterocycles. The van der Waals surface area contributed by atoms with Crippen molar-refractivity contribution >= 4 is 17.1 Å². The highest BCUT2D eigenvalue weighted by atomic mass is 32.1. The van der Waals surface area contributed by atoms with Gasteiger partial charge in [0.25, 0.3) is 0 Å². The van der Waals surface area contributed by atoms with Gasteiger partial charge in [0.1, 0.15) is 16.5 Å². The average Bonchev–Trinajstić information content (AvgIpc) is 3.18. The number of aromatic nitrogens is 1. The van der Waals surface area contributed by atoms with Gasteiger partial charge >= 0.3 is 0 Å². The highest BCUT2D eigenvalue weighted by molar-refractivity contribution is 7.17. The Morgan fingerprint density at radius 3 is 2.42 bits per heavy atom. The number of ketones is 1. The van der Waals surface area contributed by atoms with Crippen molar-refractivity contribution in [2.75, 3.05) is 20.8 Å². The van der Waals surface area contributed by atoms with E-state index in [9.17, 15) is 4.79 Å². The maximum absolute atomic E-state index is 12.8. The highest BCUT2D eigenvalue weighted by Gasteiger charge is 2.28. The predicted octanol–water partition coefficient (Wildman–Crippen LogP) is 5.32. The minimum Gasteiger partial charge on any atom is -0.497 e. The number of fused-ring (bicyclic) bond motifs is 1. The molecule has 0 amide bonds. The van der Waals surface area contributed by atoms with Crippen molar-refractivity contribution in [1.82, 2.24) is 9.88 Å². The van der Waals surface area contributed by atoms with Crippen molar-refractivity contribution in [2.24, 2.45) is 0 Å². The number of methoxy groups -OCH3 is 2. The van der Waals surface area contributed by atoms with Gasteiger partial charge in [-0.05, 0) is 17.0 Å². The molecule has 0 atom stereocenters. The molecule has 0 aliphatic carbocycles. The fraction of sp³-hybridized carbons (Fsp3) is 0.360. The van der Waals surface area contributed by atoms with Gasteiger partial charge in [-0.15, -0.1) is 11.3 Å². The first-order chi connectivity index (χ1) is 14.8. The summed E-state index contributed by atoms with van der Waals surface area (Å²) in [4.78, 5) is 20.6. The normalized spacial score (nSPS) is 14.4. The van der Waals surface area contributed by atoms with E-state index in [2.05, 4.69) is 49.9 Å². The lowest BCUT2D eigenvalue weighted by Crippen LogP contribution is -2.34. The predicted molar refractivity (Wildman–Crippen MR) is 124 cm³/mol. The second-order valence-electron chi connectivity index (χ2n) is 8.87. The molecular weight excluding hydrogens is 408 g/mol. The van der Waals surface area contributed by atoms with Gasteiger partial charge in [-0.3, -0.25) is 9.69 Å². The van der Waals surface area contributed by atoms with Crippen LogP contribution in [0.1, 0.15) is 47.3 Å². The summed E-state index contributed by atoms with van der Waals surface area (Å²) in [6.07, 6.45) is 0. The molecule has 2 aromatic carbocycles. The van der Waals surface area contributed by atoms with Crippen molar-refractivity contribution in [3.05, 3.63) is 64.2 Å². The Kier molecular flexibility index (Phi) is 5.86. The number of rotatable bonds is 5. The molecule has 1 aliphatic rings. The zero-order valence-corrected chi connectivity index (χ0v) is 19.5. The molecule has 1 aromatic heterocycles. The Balaban J connectivity index is 1.55. The van der Waals surface area contributed by atoms with Crippen molar-refractivity contribution < 1.29 is 14.3 Å². The summed E-state index contributed by atoms with van der Waals surface area (Å²) in [5.41, 5.74) is 4.34. The molecule has 0 radical (unpaired) electrons. The minimum absolute atomic E-state index is 0.111. The summed E-state index contributed by atoms with van der Waals surface area (Å²) in [7, 11) is 3.28. The maximum Gasteiger partial charge on any atom is 0.188 e. The lowest BCUT2D eigenvalue weighted by Gasteiger charge is -2.25. The van der Waals surface area contributed by atoms with E-state index in [1.165, 1.54) is 16.9 Å². The Labute approximate surface area is 187 Å². The Bertz CT molecular complexity index is 1100. The van der Waals surface area contributed by atoms with Gasteiger partial charge in [0.15, 0.2) is 5.78 Å². The van der Waals surface area contributed by atoms with Crippen LogP contribution in [0.2, 0.25) is 0 Å². The summed E-state index contributed by atoms with van der Waals surface area (Å²) in [5.74, 6) is 1.64. The van der Waals surface area contributed by atoms with E-state index in [0.29, 0.717) is 19.6 Å². The van der Waals surface area contributed by atoms with Crippen LogP contribution in [0.15, 0.2) is 42.5 Å². The molecule has 162 valence electrons. The minimum atomic E-state index is 0.111. The summed E-state index contributed by atoms with van der Waals surface area (Å²) in [5, 5.41) is 0.905. The number of hydrogen-bond acceptors (Lipinski definition) is 6. The second-order valence-corrected chi connectivity index (χ2v) is 9.87. The molecule has 0 spiro atoms. The molecule has 5 nitrogen and oxygen atoms in total. The van der Waals surface area contributed by atoms with Gasteiger partial charge in [-0.1, -0.05) is 51.1 Å². The van der Waals surface area contributed by atoms with Gasteiger partial charge in [-0.2, -0.15) is 0 Å². The fourth-order valence-corrected chi connectivity index (χ4v) is 4.80. The van der Waals surface area contributed by atoms with Crippen LogP contribution in [0.25, 0.3) is 10.6 Å². The van der Waals surface area contributed by atoms with Crippen molar-refractivity contribution in [3.8, 4) is 22.1 Å². The number of hydrogen-bond donors (Lipinski definition) is 0. The van der Waals surface area contributed by atoms with Crippen molar-refractivity contribution in [2.45, 2.75) is 39.3 Å². The Morgan fingerprint density at radius 1 is 1.03 bits per heavy atom. The fourth-order valence-electron chi connectivity index (χ4n) is 3.79. The van der Waals surface area contributed by atoms with Crippen molar-refractivity contribution in [1.29, 1.82) is 0 Å². The van der Waals surface area contributed by atoms with E-state index in [1.54, 1.807) is 14.2 Å². The third kappa shape index (κ3) is 4.50. The van der Waals surface area contributed by atoms with Crippen LogP contribution in [0.3, 0.4) is 0 Å². The van der Waals surface area contributed by atoms with Crippen LogP contribution >= 0.6 is 11.3 Å². The first-order valence-electron chi connectivity index (χ1n) is 10.4. The quantitative estimate of drug-likeness (QED) is 0.542. The number of nitrogens with zero attached hydrogens (tertiary/aromatic N) is 2. The molecule has 0 saturated carbocycles. The van der Waals surface area contributed by atoms with Crippen LogP contribution in [0, 0.1) is 0 Å². The molecule has 0 unspecified atom stereocenters. The summed E-state index contributed by atoms with van der Waals surface area (Å²) in [6.45, 7) is 8.25. The van der Waals surface area contributed by atoms with Gasteiger partial charge in [0.2, 0.25) is 0 Å². The van der Waals surface area contributed by atoms with Gasteiger partial charge in [0.05, 0.1) is 31.3 Å². The van der Waals surface area contributed by atoms with E-state index in [4.69, 9.17) is 14.5 Å². The molecule has 6 heteroatoms. The smallest absolute Gasteiger partial charge is 0.188 e. The molecular formula is C25H28N2O3S.